The van der Waals surface area contributed by atoms with Crippen LogP contribution in [0, 0.1) is 0 Å². The number of halogens is 3. The van der Waals surface area contributed by atoms with Crippen molar-refractivity contribution < 1.29 is 27.4 Å². The largest absolute Gasteiger partial charge is 0.490 e. The number of carbonyl (C=O) groups is 1. The smallest absolute Gasteiger partial charge is 0.416 e. The van der Waals surface area contributed by atoms with Gasteiger partial charge in [0.05, 0.1) is 17.7 Å². The van der Waals surface area contributed by atoms with Gasteiger partial charge in [0, 0.05) is 11.4 Å². The van der Waals surface area contributed by atoms with Crippen LogP contribution in [0.1, 0.15) is 15.9 Å². The van der Waals surface area contributed by atoms with E-state index < -0.39 is 17.6 Å². The minimum Gasteiger partial charge on any atom is -0.490 e. The van der Waals surface area contributed by atoms with Crippen LogP contribution in [0.5, 0.6) is 5.75 Å². The Balaban J connectivity index is 1.76. The number of epoxide rings is 1. The van der Waals surface area contributed by atoms with Crippen molar-refractivity contribution in [3.8, 4) is 5.75 Å². The number of carbonyl (C=O) groups excluding carboxylic acids is 1. The van der Waals surface area contributed by atoms with Gasteiger partial charge < -0.3 is 9.47 Å². The molecule has 1 unspecified atom stereocenters. The van der Waals surface area contributed by atoms with E-state index in [1.165, 1.54) is 4.90 Å². The Hall–Kier alpha value is -3.32. The monoisotopic (exact) mass is 413 g/mol. The second kappa shape index (κ2) is 8.20. The molecule has 0 aliphatic carbocycles. The van der Waals surface area contributed by atoms with Crippen molar-refractivity contribution in [2.75, 3.05) is 18.1 Å². The number of rotatable bonds is 6. The molecule has 3 aromatic carbocycles. The maximum absolute atomic E-state index is 13.5. The lowest BCUT2D eigenvalue weighted by molar-refractivity contribution is -0.137. The molecule has 154 valence electrons. The van der Waals surface area contributed by atoms with Gasteiger partial charge in [-0.2, -0.15) is 13.2 Å². The molecule has 1 aliphatic heterocycles. The van der Waals surface area contributed by atoms with E-state index in [0.717, 1.165) is 18.2 Å². The van der Waals surface area contributed by atoms with Gasteiger partial charge in [-0.15, -0.1) is 0 Å². The fraction of sp³-hybridized carbons (Fsp3) is 0.174. The molecule has 4 nitrogen and oxygen atoms in total. The maximum atomic E-state index is 13.5. The number of anilines is 2. The zero-order valence-corrected chi connectivity index (χ0v) is 15.8. The Morgan fingerprint density at radius 3 is 2.03 bits per heavy atom. The summed E-state index contributed by atoms with van der Waals surface area (Å²) in [5.41, 5.74) is 0.336. The average molecular weight is 413 g/mol. The van der Waals surface area contributed by atoms with Crippen LogP contribution in [-0.2, 0) is 10.9 Å². The number of para-hydroxylation sites is 2. The molecule has 1 amide bonds. The van der Waals surface area contributed by atoms with Gasteiger partial charge >= 0.3 is 6.18 Å². The standard InChI is InChI=1S/C23H18F3NO3/c24-23(25,26)16-11-12-20(21(13-16)30-15-19-14-29-19)22(28)27(17-7-3-1-4-8-17)18-9-5-2-6-10-18/h1-13,19H,14-15H2. The Kier molecular flexibility index (Phi) is 5.46. The molecule has 0 N–H and O–H groups in total. The van der Waals surface area contributed by atoms with Crippen molar-refractivity contribution in [3.63, 3.8) is 0 Å². The van der Waals surface area contributed by atoms with Crippen molar-refractivity contribution in [2.45, 2.75) is 12.3 Å². The van der Waals surface area contributed by atoms with E-state index in [-0.39, 0.29) is 24.0 Å². The van der Waals surface area contributed by atoms with Crippen LogP contribution in [-0.4, -0.2) is 25.2 Å². The molecule has 1 fully saturated rings. The van der Waals surface area contributed by atoms with E-state index in [1.54, 1.807) is 48.5 Å². The first kappa shape index (κ1) is 20.0. The molecule has 1 aliphatic rings. The van der Waals surface area contributed by atoms with Crippen LogP contribution < -0.4 is 9.64 Å². The first-order chi connectivity index (χ1) is 14.4. The molecule has 1 saturated heterocycles. The fourth-order valence-electron chi connectivity index (χ4n) is 3.00. The third-order valence-corrected chi connectivity index (χ3v) is 4.60. The average Bonchev–Trinajstić information content (AvgIpc) is 3.58. The molecular formula is C23H18F3NO3. The summed E-state index contributed by atoms with van der Waals surface area (Å²) in [5, 5.41) is 0. The van der Waals surface area contributed by atoms with Gasteiger partial charge in [-0.1, -0.05) is 36.4 Å². The van der Waals surface area contributed by atoms with E-state index in [0.29, 0.717) is 18.0 Å². The summed E-state index contributed by atoms with van der Waals surface area (Å²) in [6.45, 7) is 0.570. The predicted molar refractivity (Wildman–Crippen MR) is 106 cm³/mol. The highest BCUT2D eigenvalue weighted by Gasteiger charge is 2.33. The molecule has 0 radical (unpaired) electrons. The van der Waals surface area contributed by atoms with Crippen molar-refractivity contribution in [3.05, 3.63) is 90.0 Å². The number of amides is 1. The minimum absolute atomic E-state index is 0.0383. The first-order valence-corrected chi connectivity index (χ1v) is 9.33. The molecule has 7 heteroatoms. The summed E-state index contributed by atoms with van der Waals surface area (Å²) in [4.78, 5) is 15.0. The van der Waals surface area contributed by atoms with Gasteiger partial charge in [0.1, 0.15) is 18.5 Å². The van der Waals surface area contributed by atoms with Crippen molar-refractivity contribution in [1.82, 2.24) is 0 Å². The number of hydrogen-bond donors (Lipinski definition) is 0. The third-order valence-electron chi connectivity index (χ3n) is 4.60. The molecule has 0 aromatic heterocycles. The van der Waals surface area contributed by atoms with E-state index in [9.17, 15) is 18.0 Å². The summed E-state index contributed by atoms with van der Waals surface area (Å²) in [5.74, 6) is -0.616. The predicted octanol–water partition coefficient (Wildman–Crippen LogP) is 5.46. The van der Waals surface area contributed by atoms with E-state index in [1.807, 2.05) is 12.1 Å². The molecule has 1 atom stereocenters. The zero-order valence-electron chi connectivity index (χ0n) is 15.8. The highest BCUT2D eigenvalue weighted by atomic mass is 19.4. The highest BCUT2D eigenvalue weighted by molar-refractivity contribution is 6.12. The highest BCUT2D eigenvalue weighted by Crippen LogP contribution is 2.36. The van der Waals surface area contributed by atoms with Crippen molar-refractivity contribution in [1.29, 1.82) is 0 Å². The van der Waals surface area contributed by atoms with Gasteiger partial charge in [0.15, 0.2) is 0 Å². The van der Waals surface area contributed by atoms with Gasteiger partial charge in [-0.25, -0.2) is 0 Å². The molecule has 0 spiro atoms. The summed E-state index contributed by atoms with van der Waals surface area (Å²) in [7, 11) is 0. The molecule has 4 rings (SSSR count). The summed E-state index contributed by atoms with van der Waals surface area (Å²) >= 11 is 0. The van der Waals surface area contributed by atoms with Gasteiger partial charge in [0.25, 0.3) is 5.91 Å². The van der Waals surface area contributed by atoms with Gasteiger partial charge in [-0.3, -0.25) is 9.69 Å². The SMILES string of the molecule is O=C(c1ccc(C(F)(F)F)cc1OCC1CO1)N(c1ccccc1)c1ccccc1. The molecular weight excluding hydrogens is 395 g/mol. The Labute approximate surface area is 171 Å². The van der Waals surface area contributed by atoms with Gasteiger partial charge in [0.2, 0.25) is 0 Å². The van der Waals surface area contributed by atoms with E-state index in [4.69, 9.17) is 9.47 Å². The number of ether oxygens (including phenoxy) is 2. The lowest BCUT2D eigenvalue weighted by Crippen LogP contribution is -2.27. The normalized spacial score (nSPS) is 15.5. The first-order valence-electron chi connectivity index (χ1n) is 9.33. The third kappa shape index (κ3) is 4.46. The Morgan fingerprint density at radius 2 is 1.53 bits per heavy atom. The lowest BCUT2D eigenvalue weighted by atomic mass is 10.1. The second-order valence-corrected chi connectivity index (χ2v) is 6.79. The topological polar surface area (TPSA) is 42.1 Å². The number of alkyl halides is 3. The fourth-order valence-corrected chi connectivity index (χ4v) is 3.00. The van der Waals surface area contributed by atoms with E-state index >= 15 is 0 Å². The number of hydrogen-bond acceptors (Lipinski definition) is 3. The van der Waals surface area contributed by atoms with Crippen LogP contribution in [0.15, 0.2) is 78.9 Å². The molecule has 3 aromatic rings. The molecule has 0 saturated carbocycles. The molecule has 30 heavy (non-hydrogen) atoms. The second-order valence-electron chi connectivity index (χ2n) is 6.79. The van der Waals surface area contributed by atoms with Crippen LogP contribution in [0.3, 0.4) is 0 Å². The van der Waals surface area contributed by atoms with Crippen LogP contribution in [0.2, 0.25) is 0 Å². The Bertz CT molecular complexity index is 979. The summed E-state index contributed by atoms with van der Waals surface area (Å²) < 4.78 is 50.3. The molecule has 1 heterocycles. The van der Waals surface area contributed by atoms with Crippen molar-refractivity contribution in [2.24, 2.45) is 0 Å². The van der Waals surface area contributed by atoms with Crippen LogP contribution in [0.25, 0.3) is 0 Å². The van der Waals surface area contributed by atoms with Crippen LogP contribution in [0.4, 0.5) is 24.5 Å². The summed E-state index contributed by atoms with van der Waals surface area (Å²) in [6.07, 6.45) is -4.71. The quantitative estimate of drug-likeness (QED) is 0.504. The van der Waals surface area contributed by atoms with Crippen LogP contribution >= 0.6 is 0 Å². The number of nitrogens with zero attached hydrogens (tertiary/aromatic N) is 1. The van der Waals surface area contributed by atoms with Gasteiger partial charge in [-0.05, 0) is 42.5 Å². The number of benzene rings is 3. The van der Waals surface area contributed by atoms with Crippen molar-refractivity contribution >= 4 is 17.3 Å². The summed E-state index contributed by atoms with van der Waals surface area (Å²) in [6, 6.07) is 20.7. The molecule has 0 bridgehead atoms. The Morgan fingerprint density at radius 1 is 0.967 bits per heavy atom. The minimum atomic E-state index is -4.55. The zero-order chi connectivity index (χ0) is 21.1. The lowest BCUT2D eigenvalue weighted by Gasteiger charge is -2.24. The maximum Gasteiger partial charge on any atom is 0.416 e. The van der Waals surface area contributed by atoms with E-state index in [2.05, 4.69) is 0 Å².